The molecule has 4 rings (SSSR count). The van der Waals surface area contributed by atoms with Crippen molar-refractivity contribution in [2.75, 3.05) is 0 Å². The number of carbonyl (C=O) groups is 1. The van der Waals surface area contributed by atoms with E-state index < -0.39 is 0 Å². The summed E-state index contributed by atoms with van der Waals surface area (Å²) in [6.45, 7) is 2.26. The molecule has 0 bridgehead atoms. The van der Waals surface area contributed by atoms with Crippen molar-refractivity contribution in [3.05, 3.63) is 94.3 Å². The number of amides is 1. The van der Waals surface area contributed by atoms with Crippen LogP contribution in [0.25, 0.3) is 6.08 Å². The van der Waals surface area contributed by atoms with Gasteiger partial charge in [-0.2, -0.15) is 5.10 Å². The minimum atomic E-state index is -0.156. The summed E-state index contributed by atoms with van der Waals surface area (Å²) < 4.78 is 5.41. The lowest BCUT2D eigenvalue weighted by atomic mass is 10.1. The third-order valence-electron chi connectivity index (χ3n) is 4.53. The SMILES string of the molecule is Cc1ccccc1/C=C1\S/C(=N\N=C\c2ccccc2O)N(Cc2ccco2)C1=O. The van der Waals surface area contributed by atoms with E-state index in [1.165, 1.54) is 22.9 Å². The Morgan fingerprint density at radius 2 is 1.83 bits per heavy atom. The molecule has 6 nitrogen and oxygen atoms in total. The van der Waals surface area contributed by atoms with Gasteiger partial charge in [0, 0.05) is 5.56 Å². The van der Waals surface area contributed by atoms with Gasteiger partial charge in [0.1, 0.15) is 11.5 Å². The highest BCUT2D eigenvalue weighted by atomic mass is 32.2. The summed E-state index contributed by atoms with van der Waals surface area (Å²) >= 11 is 1.26. The maximum atomic E-state index is 13.1. The van der Waals surface area contributed by atoms with Crippen LogP contribution in [0.1, 0.15) is 22.5 Å². The van der Waals surface area contributed by atoms with E-state index in [9.17, 15) is 9.90 Å². The summed E-state index contributed by atoms with van der Waals surface area (Å²) in [6, 6.07) is 18.3. The van der Waals surface area contributed by atoms with Crippen molar-refractivity contribution in [3.8, 4) is 5.75 Å². The van der Waals surface area contributed by atoms with Crippen molar-refractivity contribution in [2.24, 2.45) is 10.2 Å². The van der Waals surface area contributed by atoms with Gasteiger partial charge in [0.15, 0.2) is 5.17 Å². The number of aryl methyl sites for hydroxylation is 1. The van der Waals surface area contributed by atoms with E-state index in [1.807, 2.05) is 43.3 Å². The van der Waals surface area contributed by atoms with E-state index in [4.69, 9.17) is 4.42 Å². The Labute approximate surface area is 178 Å². The number of rotatable bonds is 5. The van der Waals surface area contributed by atoms with Crippen LogP contribution in [0.15, 0.2) is 86.5 Å². The summed E-state index contributed by atoms with van der Waals surface area (Å²) in [5.41, 5.74) is 2.61. The van der Waals surface area contributed by atoms with E-state index >= 15 is 0 Å². The monoisotopic (exact) mass is 417 g/mol. The number of furan rings is 1. The van der Waals surface area contributed by atoms with Gasteiger partial charge in [-0.05, 0) is 60.2 Å². The average Bonchev–Trinajstić information content (AvgIpc) is 3.35. The standard InChI is InChI=1S/C23H19N3O3S/c1-16-7-2-3-8-17(16)13-21-22(28)26(15-19-10-6-12-29-19)23(30-21)25-24-14-18-9-4-5-11-20(18)27/h2-14,27H,15H2,1H3/b21-13-,24-14+,25-23-. The number of hydrogen-bond acceptors (Lipinski definition) is 6. The third-order valence-corrected chi connectivity index (χ3v) is 5.53. The normalized spacial score (nSPS) is 17.0. The highest BCUT2D eigenvalue weighted by Gasteiger charge is 2.34. The van der Waals surface area contributed by atoms with Gasteiger partial charge in [-0.25, -0.2) is 0 Å². The van der Waals surface area contributed by atoms with E-state index in [0.29, 0.717) is 21.4 Å². The molecule has 1 aliphatic rings. The summed E-state index contributed by atoms with van der Waals surface area (Å²) in [7, 11) is 0. The minimum absolute atomic E-state index is 0.115. The third kappa shape index (κ3) is 4.36. The summed E-state index contributed by atoms with van der Waals surface area (Å²) in [6.07, 6.45) is 4.90. The maximum Gasteiger partial charge on any atom is 0.267 e. The molecule has 1 aliphatic heterocycles. The molecule has 0 saturated carbocycles. The molecule has 1 saturated heterocycles. The van der Waals surface area contributed by atoms with Crippen molar-refractivity contribution in [1.82, 2.24) is 4.90 Å². The second-order valence-electron chi connectivity index (χ2n) is 6.62. The summed E-state index contributed by atoms with van der Waals surface area (Å²) in [5, 5.41) is 18.7. The lowest BCUT2D eigenvalue weighted by Crippen LogP contribution is -2.28. The van der Waals surface area contributed by atoms with Crippen LogP contribution < -0.4 is 0 Å². The molecule has 2 aromatic carbocycles. The number of thioether (sulfide) groups is 1. The number of phenols is 1. The number of phenolic OH excluding ortho intramolecular Hbond substituents is 1. The van der Waals surface area contributed by atoms with Crippen LogP contribution in [0.2, 0.25) is 0 Å². The molecular weight excluding hydrogens is 398 g/mol. The van der Waals surface area contributed by atoms with Gasteiger partial charge in [-0.3, -0.25) is 9.69 Å². The van der Waals surface area contributed by atoms with Crippen molar-refractivity contribution >= 4 is 35.1 Å². The molecule has 7 heteroatoms. The molecule has 1 amide bonds. The lowest BCUT2D eigenvalue weighted by molar-refractivity contribution is -0.122. The molecule has 30 heavy (non-hydrogen) atoms. The second-order valence-corrected chi connectivity index (χ2v) is 7.63. The highest BCUT2D eigenvalue weighted by Crippen LogP contribution is 2.34. The zero-order valence-electron chi connectivity index (χ0n) is 16.2. The Balaban J connectivity index is 1.65. The molecule has 150 valence electrons. The zero-order valence-corrected chi connectivity index (χ0v) is 17.0. The predicted molar refractivity (Wildman–Crippen MR) is 119 cm³/mol. The number of hydrogen-bond donors (Lipinski definition) is 1. The largest absolute Gasteiger partial charge is 0.507 e. The fourth-order valence-electron chi connectivity index (χ4n) is 2.91. The molecular formula is C23H19N3O3S. The van der Waals surface area contributed by atoms with Crippen LogP contribution in [-0.4, -0.2) is 27.3 Å². The van der Waals surface area contributed by atoms with Gasteiger partial charge in [-0.15, -0.1) is 5.10 Å². The minimum Gasteiger partial charge on any atom is -0.507 e. The first-order valence-electron chi connectivity index (χ1n) is 9.30. The Hall–Kier alpha value is -3.58. The van der Waals surface area contributed by atoms with Crippen molar-refractivity contribution in [3.63, 3.8) is 0 Å². The smallest absolute Gasteiger partial charge is 0.267 e. The fourth-order valence-corrected chi connectivity index (χ4v) is 3.83. The first-order valence-corrected chi connectivity index (χ1v) is 10.1. The van der Waals surface area contributed by atoms with Gasteiger partial charge in [0.05, 0.1) is 23.9 Å². The molecule has 0 aliphatic carbocycles. The van der Waals surface area contributed by atoms with Crippen molar-refractivity contribution in [1.29, 1.82) is 0 Å². The van der Waals surface area contributed by atoms with Crippen molar-refractivity contribution < 1.29 is 14.3 Å². The summed E-state index contributed by atoms with van der Waals surface area (Å²) in [4.78, 5) is 15.2. The zero-order chi connectivity index (χ0) is 20.9. The van der Waals surface area contributed by atoms with Gasteiger partial charge < -0.3 is 9.52 Å². The van der Waals surface area contributed by atoms with Crippen LogP contribution in [0.5, 0.6) is 5.75 Å². The molecule has 3 aromatic rings. The molecule has 0 atom stereocenters. The lowest BCUT2D eigenvalue weighted by Gasteiger charge is -2.12. The van der Waals surface area contributed by atoms with E-state index in [0.717, 1.165) is 11.1 Å². The first-order chi connectivity index (χ1) is 14.6. The second kappa shape index (κ2) is 8.84. The molecule has 1 aromatic heterocycles. The Morgan fingerprint density at radius 1 is 1.07 bits per heavy atom. The average molecular weight is 417 g/mol. The Kier molecular flexibility index (Phi) is 5.81. The predicted octanol–water partition coefficient (Wildman–Crippen LogP) is 4.80. The van der Waals surface area contributed by atoms with Crippen LogP contribution in [0.4, 0.5) is 0 Å². The van der Waals surface area contributed by atoms with Crippen LogP contribution in [0.3, 0.4) is 0 Å². The van der Waals surface area contributed by atoms with E-state index in [1.54, 1.807) is 36.6 Å². The number of para-hydroxylation sites is 1. The van der Waals surface area contributed by atoms with Crippen LogP contribution in [-0.2, 0) is 11.3 Å². The topological polar surface area (TPSA) is 78.4 Å². The Bertz CT molecular complexity index is 1150. The Morgan fingerprint density at radius 3 is 2.57 bits per heavy atom. The van der Waals surface area contributed by atoms with Gasteiger partial charge in [0.25, 0.3) is 5.91 Å². The fraction of sp³-hybridized carbons (Fsp3) is 0.0870. The molecule has 2 heterocycles. The maximum absolute atomic E-state index is 13.1. The number of aromatic hydroxyl groups is 1. The highest BCUT2D eigenvalue weighted by molar-refractivity contribution is 8.18. The van der Waals surface area contributed by atoms with Crippen molar-refractivity contribution in [2.45, 2.75) is 13.5 Å². The quantitative estimate of drug-likeness (QED) is 0.367. The van der Waals surface area contributed by atoms with Gasteiger partial charge in [-0.1, -0.05) is 36.4 Å². The van der Waals surface area contributed by atoms with Crippen LogP contribution in [0, 0.1) is 6.92 Å². The molecule has 1 N–H and O–H groups in total. The molecule has 0 unspecified atom stereocenters. The van der Waals surface area contributed by atoms with E-state index in [2.05, 4.69) is 10.2 Å². The molecule has 0 radical (unpaired) electrons. The number of carbonyl (C=O) groups excluding carboxylic acids is 1. The molecule has 0 spiro atoms. The van der Waals surface area contributed by atoms with E-state index in [-0.39, 0.29) is 18.2 Å². The number of nitrogens with zero attached hydrogens (tertiary/aromatic N) is 3. The molecule has 1 fully saturated rings. The summed E-state index contributed by atoms with van der Waals surface area (Å²) in [5.74, 6) is 0.610. The van der Waals surface area contributed by atoms with Gasteiger partial charge in [0.2, 0.25) is 0 Å². The first kappa shape index (κ1) is 19.7. The number of benzene rings is 2. The van der Waals surface area contributed by atoms with Crippen LogP contribution >= 0.6 is 11.8 Å². The van der Waals surface area contributed by atoms with Gasteiger partial charge >= 0.3 is 0 Å². The number of amidine groups is 1.